The quantitative estimate of drug-likeness (QED) is 0.753. The van der Waals surface area contributed by atoms with Gasteiger partial charge in [-0.15, -0.1) is 11.3 Å². The first-order valence-electron chi connectivity index (χ1n) is 6.07. The first-order valence-corrected chi connectivity index (χ1v) is 6.95. The van der Waals surface area contributed by atoms with Gasteiger partial charge < -0.3 is 5.32 Å². The van der Waals surface area contributed by atoms with Crippen LogP contribution in [0.2, 0.25) is 0 Å². The highest BCUT2D eigenvalue weighted by Gasteiger charge is 2.07. The van der Waals surface area contributed by atoms with E-state index in [0.717, 1.165) is 16.8 Å². The molecule has 96 valence electrons. The van der Waals surface area contributed by atoms with Crippen molar-refractivity contribution in [3.8, 4) is 0 Å². The Balaban J connectivity index is 1.82. The molecule has 0 fully saturated rings. The Bertz CT molecular complexity index is 691. The average Bonchev–Trinajstić information content (AvgIpc) is 2.88. The smallest absolute Gasteiger partial charge is 0.123 e. The summed E-state index contributed by atoms with van der Waals surface area (Å²) in [4.78, 5) is 4.43. The number of benzene rings is 1. The molecule has 0 aliphatic carbocycles. The van der Waals surface area contributed by atoms with Gasteiger partial charge in [0, 0.05) is 11.9 Å². The van der Waals surface area contributed by atoms with E-state index in [9.17, 15) is 4.39 Å². The van der Waals surface area contributed by atoms with Gasteiger partial charge in [0.15, 0.2) is 0 Å². The third kappa shape index (κ3) is 2.58. The molecule has 1 N–H and O–H groups in total. The molecule has 2 heterocycles. The lowest BCUT2D eigenvalue weighted by Crippen LogP contribution is -2.06. The zero-order chi connectivity index (χ0) is 13.2. The van der Waals surface area contributed by atoms with Crippen LogP contribution < -0.4 is 5.32 Å². The molecule has 3 aromatic rings. The minimum absolute atomic E-state index is 0.129. The Morgan fingerprint density at radius 3 is 2.79 bits per heavy atom. The van der Waals surface area contributed by atoms with E-state index >= 15 is 0 Å². The molecule has 0 spiro atoms. The maximum atomic E-state index is 12.8. The number of thiophene rings is 1. The normalized spacial score (nSPS) is 12.5. The molecule has 19 heavy (non-hydrogen) atoms. The Labute approximate surface area is 114 Å². The van der Waals surface area contributed by atoms with Crippen LogP contribution in [0.3, 0.4) is 0 Å². The monoisotopic (exact) mass is 272 g/mol. The summed E-state index contributed by atoms with van der Waals surface area (Å²) >= 11 is 1.69. The summed E-state index contributed by atoms with van der Waals surface area (Å²) in [5.41, 5.74) is 3.06. The molecule has 0 saturated carbocycles. The van der Waals surface area contributed by atoms with Crippen LogP contribution in [-0.4, -0.2) is 4.98 Å². The van der Waals surface area contributed by atoms with Gasteiger partial charge in [-0.05, 0) is 54.3 Å². The molecule has 1 atom stereocenters. The van der Waals surface area contributed by atoms with Gasteiger partial charge in [-0.1, -0.05) is 0 Å². The van der Waals surface area contributed by atoms with Crippen molar-refractivity contribution in [3.63, 3.8) is 0 Å². The fourth-order valence-corrected chi connectivity index (χ4v) is 2.77. The molecular weight excluding hydrogens is 259 g/mol. The van der Waals surface area contributed by atoms with Crippen LogP contribution in [0.5, 0.6) is 0 Å². The summed E-state index contributed by atoms with van der Waals surface area (Å²) in [6, 6.07) is 10.7. The van der Waals surface area contributed by atoms with Crippen LogP contribution in [0.4, 0.5) is 10.1 Å². The molecule has 4 heteroatoms. The van der Waals surface area contributed by atoms with Crippen LogP contribution >= 0.6 is 11.3 Å². The minimum atomic E-state index is -0.222. The number of rotatable bonds is 3. The van der Waals surface area contributed by atoms with Crippen LogP contribution in [0, 0.1) is 5.82 Å². The van der Waals surface area contributed by atoms with Gasteiger partial charge in [-0.3, -0.25) is 4.98 Å². The van der Waals surface area contributed by atoms with Crippen LogP contribution in [0.1, 0.15) is 18.5 Å². The zero-order valence-corrected chi connectivity index (χ0v) is 11.2. The number of pyridine rings is 1. The lowest BCUT2D eigenvalue weighted by Gasteiger charge is -2.15. The van der Waals surface area contributed by atoms with Gasteiger partial charge in [0.05, 0.1) is 16.3 Å². The first kappa shape index (κ1) is 12.1. The van der Waals surface area contributed by atoms with Gasteiger partial charge in [0.2, 0.25) is 0 Å². The number of nitrogens with one attached hydrogen (secondary N) is 1. The second kappa shape index (κ2) is 4.97. The lowest BCUT2D eigenvalue weighted by atomic mass is 10.1. The van der Waals surface area contributed by atoms with Crippen molar-refractivity contribution < 1.29 is 4.39 Å². The van der Waals surface area contributed by atoms with Crippen molar-refractivity contribution in [2.24, 2.45) is 0 Å². The summed E-state index contributed by atoms with van der Waals surface area (Å²) in [5.74, 6) is -0.222. The lowest BCUT2D eigenvalue weighted by molar-refractivity contribution is 0.628. The number of aromatic nitrogens is 1. The van der Waals surface area contributed by atoms with E-state index in [2.05, 4.69) is 23.3 Å². The van der Waals surface area contributed by atoms with E-state index in [-0.39, 0.29) is 11.9 Å². The Morgan fingerprint density at radius 2 is 2.00 bits per heavy atom. The SMILES string of the molecule is CC(Nc1ccc(F)cc1)c1cnc2ccsc2c1. The summed E-state index contributed by atoms with van der Waals surface area (Å²) in [6.45, 7) is 2.07. The molecule has 0 radical (unpaired) electrons. The van der Waals surface area contributed by atoms with Crippen LogP contribution in [-0.2, 0) is 0 Å². The van der Waals surface area contributed by atoms with Crippen molar-refractivity contribution in [1.82, 2.24) is 4.98 Å². The largest absolute Gasteiger partial charge is 0.378 e. The van der Waals surface area contributed by atoms with Gasteiger partial charge in [0.25, 0.3) is 0 Å². The molecule has 1 unspecified atom stereocenters. The van der Waals surface area contributed by atoms with Gasteiger partial charge in [-0.25, -0.2) is 4.39 Å². The topological polar surface area (TPSA) is 24.9 Å². The highest BCUT2D eigenvalue weighted by Crippen LogP contribution is 2.24. The zero-order valence-electron chi connectivity index (χ0n) is 10.4. The third-order valence-electron chi connectivity index (χ3n) is 3.05. The molecular formula is C15H13FN2S. The van der Waals surface area contributed by atoms with E-state index < -0.39 is 0 Å². The van der Waals surface area contributed by atoms with Crippen LogP contribution in [0.25, 0.3) is 10.2 Å². The van der Waals surface area contributed by atoms with E-state index in [4.69, 9.17) is 0 Å². The fraction of sp³-hybridized carbons (Fsp3) is 0.133. The van der Waals surface area contributed by atoms with Crippen molar-refractivity contribution >= 4 is 27.2 Å². The molecule has 1 aromatic carbocycles. The predicted molar refractivity (Wildman–Crippen MR) is 78.1 cm³/mol. The number of fused-ring (bicyclic) bond motifs is 1. The van der Waals surface area contributed by atoms with E-state index in [1.165, 1.54) is 16.8 Å². The van der Waals surface area contributed by atoms with Crippen molar-refractivity contribution in [2.75, 3.05) is 5.32 Å². The first-order chi connectivity index (χ1) is 9.22. The summed E-state index contributed by atoms with van der Waals surface area (Å²) in [7, 11) is 0. The maximum Gasteiger partial charge on any atom is 0.123 e. The van der Waals surface area contributed by atoms with Gasteiger partial charge in [-0.2, -0.15) is 0 Å². The summed E-state index contributed by atoms with van der Waals surface area (Å²) < 4.78 is 14.0. The van der Waals surface area contributed by atoms with Crippen molar-refractivity contribution in [3.05, 3.63) is 59.4 Å². The van der Waals surface area contributed by atoms with E-state index in [1.807, 2.05) is 17.6 Å². The number of nitrogens with zero attached hydrogens (tertiary/aromatic N) is 1. The number of anilines is 1. The maximum absolute atomic E-state index is 12.8. The highest BCUT2D eigenvalue weighted by atomic mass is 32.1. The molecule has 0 bridgehead atoms. The summed E-state index contributed by atoms with van der Waals surface area (Å²) in [5, 5.41) is 5.38. The Kier molecular flexibility index (Phi) is 3.17. The van der Waals surface area contributed by atoms with Crippen molar-refractivity contribution in [2.45, 2.75) is 13.0 Å². The molecule has 0 amide bonds. The van der Waals surface area contributed by atoms with Gasteiger partial charge in [0.1, 0.15) is 5.82 Å². The standard InChI is InChI=1S/C15H13FN2S/c1-10(18-13-4-2-12(16)3-5-13)11-8-15-14(17-9-11)6-7-19-15/h2-10,18H,1H3. The number of hydrogen-bond donors (Lipinski definition) is 1. The second-order valence-corrected chi connectivity index (χ2v) is 5.39. The second-order valence-electron chi connectivity index (χ2n) is 4.45. The summed E-state index contributed by atoms with van der Waals surface area (Å²) in [6.07, 6.45) is 1.89. The fourth-order valence-electron chi connectivity index (χ4n) is 1.98. The molecule has 0 saturated heterocycles. The van der Waals surface area contributed by atoms with Crippen LogP contribution in [0.15, 0.2) is 48.0 Å². The Morgan fingerprint density at radius 1 is 1.21 bits per heavy atom. The predicted octanol–water partition coefficient (Wildman–Crippen LogP) is 4.61. The highest BCUT2D eigenvalue weighted by molar-refractivity contribution is 7.17. The number of hydrogen-bond acceptors (Lipinski definition) is 3. The van der Waals surface area contributed by atoms with Gasteiger partial charge >= 0.3 is 0 Å². The molecule has 3 rings (SSSR count). The molecule has 2 aromatic heterocycles. The Hall–Kier alpha value is -1.94. The molecule has 0 aliphatic rings. The minimum Gasteiger partial charge on any atom is -0.378 e. The third-order valence-corrected chi connectivity index (χ3v) is 3.90. The average molecular weight is 272 g/mol. The van der Waals surface area contributed by atoms with E-state index in [1.54, 1.807) is 23.5 Å². The molecule has 0 aliphatic heterocycles. The van der Waals surface area contributed by atoms with E-state index in [0.29, 0.717) is 0 Å². The molecule has 2 nitrogen and oxygen atoms in total. The van der Waals surface area contributed by atoms with Crippen molar-refractivity contribution in [1.29, 1.82) is 0 Å². The number of halogens is 1.